The lowest BCUT2D eigenvalue weighted by Crippen LogP contribution is -2.15. The minimum atomic E-state index is 0.454. The number of aryl methyl sites for hydroxylation is 1. The van der Waals surface area contributed by atoms with Crippen LogP contribution in [0.25, 0.3) is 0 Å². The van der Waals surface area contributed by atoms with Gasteiger partial charge in [0.2, 0.25) is 0 Å². The fourth-order valence-electron chi connectivity index (χ4n) is 2.07. The van der Waals surface area contributed by atoms with Crippen LogP contribution in [-0.4, -0.2) is 23.6 Å². The highest BCUT2D eigenvalue weighted by Gasteiger charge is 2.15. The van der Waals surface area contributed by atoms with Crippen molar-refractivity contribution in [2.24, 2.45) is 0 Å². The molecule has 1 aliphatic rings. The maximum Gasteiger partial charge on any atom is 0.127 e. The largest absolute Gasteiger partial charge is 0.376 e. The Bertz CT molecular complexity index is 404. The predicted molar refractivity (Wildman–Crippen MR) is 68.3 cm³/mol. The van der Waals surface area contributed by atoms with E-state index in [1.807, 2.05) is 6.92 Å². The van der Waals surface area contributed by atoms with Gasteiger partial charge in [-0.15, -0.1) is 0 Å². The van der Waals surface area contributed by atoms with E-state index in [0.717, 1.165) is 17.2 Å². The van der Waals surface area contributed by atoms with E-state index in [9.17, 15) is 0 Å². The average Bonchev–Trinajstić information content (AvgIpc) is 2.94. The van der Waals surface area contributed by atoms with E-state index in [1.54, 1.807) is 0 Å². The third-order valence-corrected chi connectivity index (χ3v) is 3.91. The molecule has 0 bridgehead atoms. The lowest BCUT2D eigenvalue weighted by Gasteiger charge is -2.11. The number of nitriles is 1. The van der Waals surface area contributed by atoms with Crippen LogP contribution in [0.5, 0.6) is 0 Å². The second kappa shape index (κ2) is 5.99. The molecule has 0 spiro atoms. The molecule has 0 aliphatic heterocycles. The van der Waals surface area contributed by atoms with Crippen LogP contribution in [0.4, 0.5) is 5.00 Å². The van der Waals surface area contributed by atoms with Crippen molar-refractivity contribution in [1.29, 1.82) is 5.26 Å². The zero-order valence-electron chi connectivity index (χ0n) is 10.0. The number of hydrogen-bond donors (Lipinski definition) is 1. The zero-order valence-corrected chi connectivity index (χ0v) is 10.8. The van der Waals surface area contributed by atoms with Gasteiger partial charge in [-0.1, -0.05) is 12.8 Å². The molecule has 0 atom stereocenters. The molecule has 0 saturated heterocycles. The molecular formula is C12H17N3OS. The highest BCUT2D eigenvalue weighted by molar-refractivity contribution is 7.10. The molecule has 2 rings (SSSR count). The summed E-state index contributed by atoms with van der Waals surface area (Å²) in [7, 11) is 0. The Morgan fingerprint density at radius 3 is 3.00 bits per heavy atom. The summed E-state index contributed by atoms with van der Waals surface area (Å²) in [5.41, 5.74) is 1.47. The van der Waals surface area contributed by atoms with Crippen molar-refractivity contribution in [2.75, 3.05) is 18.5 Å². The van der Waals surface area contributed by atoms with Crippen LogP contribution >= 0.6 is 11.5 Å². The smallest absolute Gasteiger partial charge is 0.127 e. The lowest BCUT2D eigenvalue weighted by atomic mass is 10.3. The predicted octanol–water partition coefficient (Wildman–Crippen LogP) is 2.69. The lowest BCUT2D eigenvalue weighted by molar-refractivity contribution is 0.0659. The van der Waals surface area contributed by atoms with Crippen LogP contribution in [0.15, 0.2) is 0 Å². The van der Waals surface area contributed by atoms with Gasteiger partial charge in [0.25, 0.3) is 0 Å². The Morgan fingerprint density at radius 1 is 1.53 bits per heavy atom. The van der Waals surface area contributed by atoms with Crippen LogP contribution in [0, 0.1) is 18.3 Å². The molecule has 17 heavy (non-hydrogen) atoms. The SMILES string of the molecule is Cc1nsc(NCCOC2CCCC2)c1C#N. The van der Waals surface area contributed by atoms with Gasteiger partial charge in [-0.05, 0) is 31.3 Å². The van der Waals surface area contributed by atoms with Crippen molar-refractivity contribution in [3.63, 3.8) is 0 Å². The normalized spacial score (nSPS) is 16.0. The number of nitrogens with zero attached hydrogens (tertiary/aromatic N) is 2. The summed E-state index contributed by atoms with van der Waals surface area (Å²) >= 11 is 1.34. The van der Waals surface area contributed by atoms with Gasteiger partial charge >= 0.3 is 0 Å². The van der Waals surface area contributed by atoms with Crippen molar-refractivity contribution in [2.45, 2.75) is 38.7 Å². The van der Waals surface area contributed by atoms with Crippen LogP contribution in [0.3, 0.4) is 0 Å². The topological polar surface area (TPSA) is 57.9 Å². The van der Waals surface area contributed by atoms with E-state index in [1.165, 1.54) is 37.2 Å². The quantitative estimate of drug-likeness (QED) is 0.817. The van der Waals surface area contributed by atoms with Crippen molar-refractivity contribution >= 4 is 16.5 Å². The molecule has 1 saturated carbocycles. The summed E-state index contributed by atoms with van der Waals surface area (Å²) in [6.07, 6.45) is 5.44. The van der Waals surface area contributed by atoms with Gasteiger partial charge in [-0.2, -0.15) is 9.64 Å². The maximum atomic E-state index is 8.96. The van der Waals surface area contributed by atoms with Gasteiger partial charge in [0, 0.05) is 6.54 Å². The summed E-state index contributed by atoms with van der Waals surface area (Å²) in [6, 6.07) is 2.17. The molecule has 0 unspecified atom stereocenters. The molecule has 1 aromatic heterocycles. The first-order chi connectivity index (χ1) is 8.31. The van der Waals surface area contributed by atoms with E-state index in [-0.39, 0.29) is 0 Å². The van der Waals surface area contributed by atoms with E-state index < -0.39 is 0 Å². The fourth-order valence-corrected chi connectivity index (χ4v) is 2.84. The summed E-state index contributed by atoms with van der Waals surface area (Å²) in [6.45, 7) is 3.30. The van der Waals surface area contributed by atoms with E-state index in [2.05, 4.69) is 15.8 Å². The summed E-state index contributed by atoms with van der Waals surface area (Å²) in [5, 5.41) is 13.0. The second-order valence-electron chi connectivity index (χ2n) is 4.29. The summed E-state index contributed by atoms with van der Waals surface area (Å²) in [5.74, 6) is 0. The van der Waals surface area contributed by atoms with E-state index in [0.29, 0.717) is 18.3 Å². The van der Waals surface area contributed by atoms with E-state index >= 15 is 0 Å². The molecule has 0 radical (unpaired) electrons. The Labute approximate surface area is 106 Å². The summed E-state index contributed by atoms with van der Waals surface area (Å²) in [4.78, 5) is 0. The van der Waals surface area contributed by atoms with Gasteiger partial charge in [-0.25, -0.2) is 0 Å². The second-order valence-corrected chi connectivity index (χ2v) is 5.06. The first-order valence-electron chi connectivity index (χ1n) is 6.03. The molecule has 1 aliphatic carbocycles. The Morgan fingerprint density at radius 2 is 2.29 bits per heavy atom. The van der Waals surface area contributed by atoms with Crippen molar-refractivity contribution in [3.8, 4) is 6.07 Å². The molecule has 1 fully saturated rings. The third-order valence-electron chi connectivity index (χ3n) is 3.02. The molecule has 92 valence electrons. The molecule has 0 aromatic carbocycles. The summed E-state index contributed by atoms with van der Waals surface area (Å²) < 4.78 is 9.90. The number of anilines is 1. The van der Waals surface area contributed by atoms with Crippen molar-refractivity contribution < 1.29 is 4.74 Å². The van der Waals surface area contributed by atoms with Crippen LogP contribution in [0.1, 0.15) is 36.9 Å². The minimum absolute atomic E-state index is 0.454. The van der Waals surface area contributed by atoms with Gasteiger partial charge in [0.1, 0.15) is 16.6 Å². The average molecular weight is 251 g/mol. The minimum Gasteiger partial charge on any atom is -0.376 e. The van der Waals surface area contributed by atoms with Gasteiger partial charge < -0.3 is 10.1 Å². The molecule has 5 heteroatoms. The fraction of sp³-hybridized carbons (Fsp3) is 0.667. The standard InChI is InChI=1S/C12H17N3OS/c1-9-11(8-13)12(17-15-9)14-6-7-16-10-4-2-3-5-10/h10,14H,2-7H2,1H3. The van der Waals surface area contributed by atoms with Gasteiger partial charge in [0.15, 0.2) is 0 Å². The van der Waals surface area contributed by atoms with Crippen LogP contribution in [0.2, 0.25) is 0 Å². The van der Waals surface area contributed by atoms with Crippen molar-refractivity contribution in [3.05, 3.63) is 11.3 Å². The van der Waals surface area contributed by atoms with Crippen molar-refractivity contribution in [1.82, 2.24) is 4.37 Å². The number of rotatable bonds is 5. The monoisotopic (exact) mass is 251 g/mol. The van der Waals surface area contributed by atoms with Gasteiger partial charge in [0.05, 0.1) is 18.4 Å². The molecule has 1 N–H and O–H groups in total. The molecule has 1 aromatic rings. The highest BCUT2D eigenvalue weighted by Crippen LogP contribution is 2.23. The highest BCUT2D eigenvalue weighted by atomic mass is 32.1. The van der Waals surface area contributed by atoms with Crippen LogP contribution < -0.4 is 5.32 Å². The van der Waals surface area contributed by atoms with E-state index in [4.69, 9.17) is 10.00 Å². The number of ether oxygens (including phenoxy) is 1. The Kier molecular flexibility index (Phi) is 4.35. The number of aromatic nitrogens is 1. The van der Waals surface area contributed by atoms with Gasteiger partial charge in [-0.3, -0.25) is 0 Å². The molecular weight excluding hydrogens is 234 g/mol. The maximum absolute atomic E-state index is 8.96. The molecule has 1 heterocycles. The number of nitrogens with one attached hydrogen (secondary N) is 1. The number of hydrogen-bond acceptors (Lipinski definition) is 5. The first kappa shape index (κ1) is 12.3. The first-order valence-corrected chi connectivity index (χ1v) is 6.80. The van der Waals surface area contributed by atoms with Crippen LogP contribution in [-0.2, 0) is 4.74 Å². The Balaban J connectivity index is 1.72. The zero-order chi connectivity index (χ0) is 12.1. The Hall–Kier alpha value is -1.12. The molecule has 0 amide bonds. The third kappa shape index (κ3) is 3.18. The molecule has 4 nitrogen and oxygen atoms in total.